The Labute approximate surface area is 187 Å². The van der Waals surface area contributed by atoms with Crippen molar-refractivity contribution in [2.24, 2.45) is 0 Å². The highest BCUT2D eigenvalue weighted by atomic mass is 32.2. The van der Waals surface area contributed by atoms with E-state index < -0.39 is 9.84 Å². The molecule has 0 saturated carbocycles. The molecule has 3 aromatic carbocycles. The molecular weight excluding hydrogens is 422 g/mol. The van der Waals surface area contributed by atoms with Gasteiger partial charge in [0.25, 0.3) is 5.91 Å². The number of carbonyl (C=O) groups is 1. The first-order valence-corrected chi connectivity index (χ1v) is 12.0. The topological polar surface area (TPSA) is 81.1 Å². The molecule has 0 unspecified atom stereocenters. The summed E-state index contributed by atoms with van der Waals surface area (Å²) in [7, 11) is -3.29. The first-order chi connectivity index (χ1) is 15.4. The first-order valence-electron chi connectivity index (χ1n) is 10.1. The minimum atomic E-state index is -3.29. The van der Waals surface area contributed by atoms with Gasteiger partial charge in [-0.05, 0) is 52.6 Å². The van der Waals surface area contributed by atoms with Crippen LogP contribution >= 0.6 is 0 Å². The van der Waals surface area contributed by atoms with Crippen molar-refractivity contribution < 1.29 is 13.2 Å². The number of benzene rings is 3. The van der Waals surface area contributed by atoms with Crippen LogP contribution in [0.1, 0.15) is 21.5 Å². The maximum atomic E-state index is 12.6. The molecule has 0 bridgehead atoms. The number of hydrogen-bond acceptors (Lipinski definition) is 4. The summed E-state index contributed by atoms with van der Waals surface area (Å²) < 4.78 is 25.1. The molecule has 0 aliphatic rings. The standard InChI is InChI=1S/C25H23N3O3S/c1-32(30,31)23-13-11-21(12-14-23)25(29)26-17-22-5-2-3-6-24(22)20-9-7-19(8-10-20)18-28-16-4-15-27-28/h2-16H,17-18H2,1H3,(H,26,29). The van der Waals surface area contributed by atoms with Crippen LogP contribution in [-0.2, 0) is 22.9 Å². The van der Waals surface area contributed by atoms with Crippen molar-refractivity contribution in [3.63, 3.8) is 0 Å². The van der Waals surface area contributed by atoms with Gasteiger partial charge in [0.05, 0.1) is 11.4 Å². The highest BCUT2D eigenvalue weighted by Crippen LogP contribution is 2.24. The van der Waals surface area contributed by atoms with Crippen LogP contribution in [0, 0.1) is 0 Å². The van der Waals surface area contributed by atoms with Crippen molar-refractivity contribution in [3.8, 4) is 11.1 Å². The Hall–Kier alpha value is -3.71. The summed E-state index contributed by atoms with van der Waals surface area (Å²) >= 11 is 0. The number of aromatic nitrogens is 2. The Kier molecular flexibility index (Phi) is 6.18. The quantitative estimate of drug-likeness (QED) is 0.467. The number of nitrogens with one attached hydrogen (secondary N) is 1. The highest BCUT2D eigenvalue weighted by Gasteiger charge is 2.11. The molecule has 4 aromatic rings. The molecule has 6 nitrogen and oxygen atoms in total. The molecule has 1 heterocycles. The van der Waals surface area contributed by atoms with Crippen molar-refractivity contribution in [2.75, 3.05) is 6.26 Å². The fourth-order valence-corrected chi connectivity index (χ4v) is 4.09. The second kappa shape index (κ2) is 9.20. The highest BCUT2D eigenvalue weighted by molar-refractivity contribution is 7.90. The molecule has 1 aromatic heterocycles. The molecule has 0 spiro atoms. The molecule has 0 atom stereocenters. The minimum absolute atomic E-state index is 0.190. The van der Waals surface area contributed by atoms with Gasteiger partial charge in [0.15, 0.2) is 9.84 Å². The Morgan fingerprint density at radius 3 is 2.31 bits per heavy atom. The largest absolute Gasteiger partial charge is 0.348 e. The lowest BCUT2D eigenvalue weighted by Crippen LogP contribution is -2.23. The molecule has 0 saturated heterocycles. The predicted molar refractivity (Wildman–Crippen MR) is 124 cm³/mol. The SMILES string of the molecule is CS(=O)(=O)c1ccc(C(=O)NCc2ccccc2-c2ccc(Cn3cccn3)cc2)cc1. The number of rotatable bonds is 7. The Morgan fingerprint density at radius 1 is 0.938 bits per heavy atom. The van der Waals surface area contributed by atoms with E-state index in [1.54, 1.807) is 6.20 Å². The monoisotopic (exact) mass is 445 g/mol. The molecule has 7 heteroatoms. The van der Waals surface area contributed by atoms with Gasteiger partial charge < -0.3 is 5.32 Å². The van der Waals surface area contributed by atoms with E-state index in [-0.39, 0.29) is 10.8 Å². The minimum Gasteiger partial charge on any atom is -0.348 e. The van der Waals surface area contributed by atoms with E-state index in [0.29, 0.717) is 18.7 Å². The summed E-state index contributed by atoms with van der Waals surface area (Å²) in [5.74, 6) is -0.255. The lowest BCUT2D eigenvalue weighted by molar-refractivity contribution is 0.0951. The predicted octanol–water partition coefficient (Wildman–Crippen LogP) is 3.93. The van der Waals surface area contributed by atoms with Gasteiger partial charge in [-0.15, -0.1) is 0 Å². The summed E-state index contributed by atoms with van der Waals surface area (Å²) in [6.07, 6.45) is 4.84. The number of hydrogen-bond donors (Lipinski definition) is 1. The van der Waals surface area contributed by atoms with E-state index in [1.807, 2.05) is 41.2 Å². The van der Waals surface area contributed by atoms with Crippen molar-refractivity contribution in [1.82, 2.24) is 15.1 Å². The maximum Gasteiger partial charge on any atom is 0.251 e. The summed E-state index contributed by atoms with van der Waals surface area (Å²) in [5, 5.41) is 7.16. The van der Waals surface area contributed by atoms with Crippen LogP contribution in [0.25, 0.3) is 11.1 Å². The van der Waals surface area contributed by atoms with Crippen LogP contribution in [-0.4, -0.2) is 30.4 Å². The molecule has 0 aliphatic carbocycles. The summed E-state index contributed by atoms with van der Waals surface area (Å²) in [5.41, 5.74) is 4.68. The molecule has 4 rings (SSSR count). The van der Waals surface area contributed by atoms with E-state index >= 15 is 0 Å². The summed E-state index contributed by atoms with van der Waals surface area (Å²) in [6.45, 7) is 1.07. The third-order valence-corrected chi connectivity index (χ3v) is 6.30. The van der Waals surface area contributed by atoms with Gasteiger partial charge >= 0.3 is 0 Å². The molecular formula is C25H23N3O3S. The van der Waals surface area contributed by atoms with Crippen LogP contribution in [0.5, 0.6) is 0 Å². The van der Waals surface area contributed by atoms with Crippen molar-refractivity contribution in [3.05, 3.63) is 108 Å². The van der Waals surface area contributed by atoms with Gasteiger partial charge in [-0.2, -0.15) is 5.10 Å². The van der Waals surface area contributed by atoms with Crippen LogP contribution in [0.3, 0.4) is 0 Å². The number of nitrogens with zero attached hydrogens (tertiary/aromatic N) is 2. The normalized spacial score (nSPS) is 11.3. The van der Waals surface area contributed by atoms with Crippen LogP contribution in [0.15, 0.2) is 96.2 Å². The second-order valence-corrected chi connectivity index (χ2v) is 9.55. The Balaban J connectivity index is 1.46. The van der Waals surface area contributed by atoms with E-state index in [1.165, 1.54) is 24.3 Å². The zero-order valence-corrected chi connectivity index (χ0v) is 18.4. The van der Waals surface area contributed by atoms with Crippen LogP contribution < -0.4 is 5.32 Å². The Morgan fingerprint density at radius 2 is 1.66 bits per heavy atom. The molecule has 1 N–H and O–H groups in total. The molecule has 162 valence electrons. The second-order valence-electron chi connectivity index (χ2n) is 7.54. The fourth-order valence-electron chi connectivity index (χ4n) is 3.46. The van der Waals surface area contributed by atoms with Crippen molar-refractivity contribution >= 4 is 15.7 Å². The summed E-state index contributed by atoms with van der Waals surface area (Å²) in [4.78, 5) is 12.7. The van der Waals surface area contributed by atoms with Crippen LogP contribution in [0.2, 0.25) is 0 Å². The van der Waals surface area contributed by atoms with E-state index in [4.69, 9.17) is 0 Å². The molecule has 0 fully saturated rings. The Bertz CT molecular complexity index is 1310. The van der Waals surface area contributed by atoms with Gasteiger partial charge in [-0.25, -0.2) is 8.42 Å². The summed E-state index contributed by atoms with van der Waals surface area (Å²) in [6, 6.07) is 24.1. The third kappa shape index (κ3) is 5.12. The van der Waals surface area contributed by atoms with E-state index in [2.05, 4.69) is 34.7 Å². The lowest BCUT2D eigenvalue weighted by Gasteiger charge is -2.12. The maximum absolute atomic E-state index is 12.6. The third-order valence-electron chi connectivity index (χ3n) is 5.17. The zero-order valence-electron chi connectivity index (χ0n) is 17.6. The first kappa shape index (κ1) is 21.5. The molecule has 32 heavy (non-hydrogen) atoms. The smallest absolute Gasteiger partial charge is 0.251 e. The molecule has 0 aliphatic heterocycles. The molecule has 0 radical (unpaired) electrons. The van der Waals surface area contributed by atoms with E-state index in [0.717, 1.165) is 28.5 Å². The molecule has 1 amide bonds. The van der Waals surface area contributed by atoms with E-state index in [9.17, 15) is 13.2 Å². The van der Waals surface area contributed by atoms with Crippen molar-refractivity contribution in [2.45, 2.75) is 18.0 Å². The van der Waals surface area contributed by atoms with Crippen LogP contribution in [0.4, 0.5) is 0 Å². The van der Waals surface area contributed by atoms with Crippen molar-refractivity contribution in [1.29, 1.82) is 0 Å². The number of carbonyl (C=O) groups excluding carboxylic acids is 1. The van der Waals surface area contributed by atoms with Gasteiger partial charge in [0.1, 0.15) is 0 Å². The average Bonchev–Trinajstić information content (AvgIpc) is 3.31. The van der Waals surface area contributed by atoms with Gasteiger partial charge in [-0.1, -0.05) is 48.5 Å². The van der Waals surface area contributed by atoms with Gasteiger partial charge in [-0.3, -0.25) is 9.48 Å². The fraction of sp³-hybridized carbons (Fsp3) is 0.120. The lowest BCUT2D eigenvalue weighted by atomic mass is 9.98. The number of sulfone groups is 1. The number of amides is 1. The zero-order chi connectivity index (χ0) is 22.6. The van der Waals surface area contributed by atoms with Gasteiger partial charge in [0.2, 0.25) is 0 Å². The average molecular weight is 446 g/mol. The van der Waals surface area contributed by atoms with Gasteiger partial charge in [0, 0.05) is 30.8 Å².